The number of hydrogen-bond acceptors (Lipinski definition) is 4. The molecule has 0 saturated carbocycles. The van der Waals surface area contributed by atoms with Crippen molar-refractivity contribution >= 4 is 56.9 Å². The second-order valence-electron chi connectivity index (χ2n) is 6.47. The van der Waals surface area contributed by atoms with Crippen LogP contribution in [-0.2, 0) is 13.3 Å². The second kappa shape index (κ2) is 13.8. The third-order valence-corrected chi connectivity index (χ3v) is 15.5. The Hall–Kier alpha value is -1.35. The molecule has 157 valence electrons. The van der Waals surface area contributed by atoms with Gasteiger partial charge in [0.15, 0.2) is 0 Å². The zero-order chi connectivity index (χ0) is 21.7. The van der Waals surface area contributed by atoms with Crippen LogP contribution in [0, 0.1) is 0 Å². The first kappa shape index (κ1) is 24.9. The van der Waals surface area contributed by atoms with Crippen LogP contribution in [0.3, 0.4) is 0 Å². The summed E-state index contributed by atoms with van der Waals surface area (Å²) in [4.78, 5) is 0. The van der Waals surface area contributed by atoms with Gasteiger partial charge in [-0.05, 0) is 11.8 Å². The molecule has 0 aliphatic rings. The molecule has 1 radical (unpaired) electrons. The molecule has 0 heterocycles. The van der Waals surface area contributed by atoms with Crippen molar-refractivity contribution in [2.24, 2.45) is 0 Å². The Morgan fingerprint density at radius 1 is 0.667 bits per heavy atom. The zero-order valence-electron chi connectivity index (χ0n) is 17.8. The maximum atomic E-state index is 5.17. The molecule has 0 aromatic heterocycles. The molecule has 0 N–H and O–H groups in total. The van der Waals surface area contributed by atoms with Gasteiger partial charge < -0.3 is 13.3 Å². The van der Waals surface area contributed by atoms with E-state index in [-0.39, 0.29) is 0 Å². The topological polar surface area (TPSA) is 27.7 Å². The Morgan fingerprint density at radius 3 is 1.27 bits per heavy atom. The Morgan fingerprint density at radius 2 is 1.00 bits per heavy atom. The van der Waals surface area contributed by atoms with E-state index in [1.165, 1.54) is 10.7 Å². The molecule has 0 spiro atoms. The van der Waals surface area contributed by atoms with Crippen molar-refractivity contribution in [2.45, 2.75) is 12.5 Å². The van der Waals surface area contributed by atoms with E-state index in [0.29, 0.717) is 0 Å². The Kier molecular flexibility index (Phi) is 11.5. The molecule has 3 nitrogen and oxygen atoms in total. The number of thiocarbonyl (C=S) groups is 1. The quantitative estimate of drug-likeness (QED) is 0.305. The standard InChI is InChI=1S/C6H14O3SSi.3C6H5.Sn/c1-7-11(8-2,9-3)6-4-5-10;3*1-2-4-6-5-3-1;/h5H,4,6H2,1-3H3;3*1-5H;. The second-order valence-corrected chi connectivity index (χ2v) is 17.0. The fraction of sp³-hybridized carbons (Fsp3) is 0.208. The fourth-order valence-electron chi connectivity index (χ4n) is 3.11. The summed E-state index contributed by atoms with van der Waals surface area (Å²) in [5.41, 5.74) is 0. The van der Waals surface area contributed by atoms with E-state index >= 15 is 0 Å². The summed E-state index contributed by atoms with van der Waals surface area (Å²) < 4.78 is 20.1. The summed E-state index contributed by atoms with van der Waals surface area (Å²) in [6, 6.07) is 33.7. The van der Waals surface area contributed by atoms with Crippen molar-refractivity contribution < 1.29 is 13.3 Å². The molecule has 0 fully saturated rings. The van der Waals surface area contributed by atoms with Crippen molar-refractivity contribution in [3.8, 4) is 0 Å². The number of rotatable bonds is 9. The molecule has 30 heavy (non-hydrogen) atoms. The molecule has 3 aromatic carbocycles. The Labute approximate surface area is 194 Å². The number of hydrogen-bond donors (Lipinski definition) is 0. The van der Waals surface area contributed by atoms with Gasteiger partial charge in [0.2, 0.25) is 0 Å². The molecular weight excluding hydrogens is 515 g/mol. The van der Waals surface area contributed by atoms with Gasteiger partial charge in [-0.2, -0.15) is 0 Å². The van der Waals surface area contributed by atoms with Crippen molar-refractivity contribution in [1.29, 1.82) is 0 Å². The van der Waals surface area contributed by atoms with E-state index in [4.69, 9.17) is 25.5 Å². The van der Waals surface area contributed by atoms with Gasteiger partial charge in [-0.3, -0.25) is 0 Å². The molecule has 0 amide bonds. The van der Waals surface area contributed by atoms with Crippen molar-refractivity contribution in [2.75, 3.05) is 21.3 Å². The van der Waals surface area contributed by atoms with Crippen molar-refractivity contribution in [3.05, 3.63) is 91.0 Å². The van der Waals surface area contributed by atoms with Gasteiger partial charge in [0, 0.05) is 27.4 Å². The molecular formula is C24H29O3SSiSn. The van der Waals surface area contributed by atoms with Crippen LogP contribution >= 0.6 is 12.2 Å². The molecule has 0 aliphatic carbocycles. The monoisotopic (exact) mass is 545 g/mol. The van der Waals surface area contributed by atoms with Crippen LogP contribution in [0.25, 0.3) is 0 Å². The van der Waals surface area contributed by atoms with Crippen LogP contribution in [0.4, 0.5) is 0 Å². The average Bonchev–Trinajstić information content (AvgIpc) is 2.83. The molecule has 0 bridgehead atoms. The Balaban J connectivity index is 0.000000252. The predicted molar refractivity (Wildman–Crippen MR) is 134 cm³/mol. The predicted octanol–water partition coefficient (Wildman–Crippen LogP) is 3.46. The van der Waals surface area contributed by atoms with E-state index < -0.39 is 28.6 Å². The van der Waals surface area contributed by atoms with Crippen LogP contribution in [0.1, 0.15) is 6.42 Å². The van der Waals surface area contributed by atoms with Gasteiger partial charge in [0.05, 0.1) is 0 Å². The summed E-state index contributed by atoms with van der Waals surface area (Å²) in [7, 11) is 2.46. The van der Waals surface area contributed by atoms with Crippen LogP contribution in [0.2, 0.25) is 6.04 Å². The van der Waals surface area contributed by atoms with Crippen LogP contribution < -0.4 is 10.7 Å². The molecule has 0 aliphatic heterocycles. The molecule has 6 heteroatoms. The zero-order valence-corrected chi connectivity index (χ0v) is 22.5. The van der Waals surface area contributed by atoms with Crippen LogP contribution in [0.15, 0.2) is 91.0 Å². The van der Waals surface area contributed by atoms with Gasteiger partial charge in [0.25, 0.3) is 0 Å². The summed E-state index contributed by atoms with van der Waals surface area (Å²) >= 11 is 2.71. The summed E-state index contributed by atoms with van der Waals surface area (Å²) in [5, 5.41) is 1.67. The van der Waals surface area contributed by atoms with E-state index in [0.717, 1.165) is 12.5 Å². The maximum absolute atomic E-state index is 5.17. The first-order valence-corrected chi connectivity index (χ1v) is 16.5. The third kappa shape index (κ3) is 7.41. The summed E-state index contributed by atoms with van der Waals surface area (Å²) in [6.45, 7) is 0. The average molecular weight is 544 g/mol. The molecule has 0 unspecified atom stereocenters. The van der Waals surface area contributed by atoms with E-state index in [1.54, 1.807) is 26.7 Å². The minimum atomic E-state index is -2.34. The summed E-state index contributed by atoms with van der Waals surface area (Å²) in [6.07, 6.45) is 0.789. The summed E-state index contributed by atoms with van der Waals surface area (Å²) in [5.74, 6) is 0. The van der Waals surface area contributed by atoms with Crippen LogP contribution in [0.5, 0.6) is 0 Å². The van der Waals surface area contributed by atoms with Gasteiger partial charge in [-0.25, -0.2) is 0 Å². The SMILES string of the molecule is CO[Si](CCC=S)(OC)OC.c1cc[c]([Sn]([c]2ccccc2)[c]2ccccc2)cc1. The molecule has 0 atom stereocenters. The molecule has 3 aromatic rings. The van der Waals surface area contributed by atoms with Gasteiger partial charge >= 0.3 is 130 Å². The van der Waals surface area contributed by atoms with Gasteiger partial charge in [0.1, 0.15) is 0 Å². The van der Waals surface area contributed by atoms with Gasteiger partial charge in [-0.15, -0.1) is 0 Å². The normalized spacial score (nSPS) is 10.9. The van der Waals surface area contributed by atoms with E-state index in [2.05, 4.69) is 91.0 Å². The first-order valence-electron chi connectivity index (χ1n) is 9.82. The minimum absolute atomic E-state index is 0.750. The molecule has 3 rings (SSSR count). The van der Waals surface area contributed by atoms with E-state index in [1.807, 2.05) is 0 Å². The third-order valence-electron chi connectivity index (χ3n) is 4.69. The first-order chi connectivity index (χ1) is 14.7. The van der Waals surface area contributed by atoms with E-state index in [9.17, 15) is 0 Å². The van der Waals surface area contributed by atoms with Crippen molar-refractivity contribution in [3.63, 3.8) is 0 Å². The van der Waals surface area contributed by atoms with Gasteiger partial charge in [-0.1, -0.05) is 12.2 Å². The van der Waals surface area contributed by atoms with Crippen molar-refractivity contribution in [1.82, 2.24) is 0 Å². The number of benzene rings is 3. The Bertz CT molecular complexity index is 744. The molecule has 0 saturated heterocycles. The van der Waals surface area contributed by atoms with Crippen LogP contribution in [-0.4, -0.2) is 55.3 Å². The fourth-order valence-corrected chi connectivity index (χ4v) is 12.4.